The number of thiophene rings is 1. The number of fused-ring (bicyclic) bond motifs is 1. The second-order valence-electron chi connectivity index (χ2n) is 5.50. The molecule has 0 bridgehead atoms. The highest BCUT2D eigenvalue weighted by Crippen LogP contribution is 2.26. The van der Waals surface area contributed by atoms with Gasteiger partial charge in [0.2, 0.25) is 5.89 Å². The number of aryl methyl sites for hydroxylation is 1. The van der Waals surface area contributed by atoms with E-state index in [4.69, 9.17) is 4.42 Å². The second-order valence-corrected chi connectivity index (χ2v) is 6.53. The molecule has 0 saturated carbocycles. The first-order valence-corrected chi connectivity index (χ1v) is 8.40. The smallest absolute Gasteiger partial charge is 0.227 e. The van der Waals surface area contributed by atoms with E-state index in [1.807, 2.05) is 30.3 Å². The minimum atomic E-state index is 0.662. The lowest BCUT2D eigenvalue weighted by molar-refractivity contribution is 0.620. The third kappa shape index (κ3) is 2.98. The fourth-order valence-corrected chi connectivity index (χ4v) is 3.10. The van der Waals surface area contributed by atoms with Gasteiger partial charge in [0.15, 0.2) is 5.58 Å². The number of aromatic nitrogens is 1. The maximum atomic E-state index is 5.86. The first-order valence-electron chi connectivity index (χ1n) is 7.52. The van der Waals surface area contributed by atoms with E-state index in [0.717, 1.165) is 28.9 Å². The lowest BCUT2D eigenvalue weighted by Crippen LogP contribution is -1.96. The predicted molar refractivity (Wildman–Crippen MR) is 95.8 cm³/mol. The number of nitrogens with one attached hydrogen (secondary N) is 1. The summed E-state index contributed by atoms with van der Waals surface area (Å²) in [4.78, 5) is 5.92. The van der Waals surface area contributed by atoms with Crippen molar-refractivity contribution in [1.82, 2.24) is 4.98 Å². The molecular weight excluding hydrogens is 304 g/mol. The standard InChI is InChI=1S/C19H16N2OS/c1-13-4-6-14(7-5-13)19-21-17-11-15(8-9-18(17)22-19)20-12-16-3-2-10-23-16/h2-11,20H,12H2,1H3. The Kier molecular flexibility index (Phi) is 3.60. The van der Waals surface area contributed by atoms with Crippen LogP contribution in [0, 0.1) is 6.92 Å². The monoisotopic (exact) mass is 320 g/mol. The average molecular weight is 320 g/mol. The molecule has 0 saturated heterocycles. The molecule has 4 heteroatoms. The Balaban J connectivity index is 1.60. The average Bonchev–Trinajstić information content (AvgIpc) is 3.22. The molecule has 0 aliphatic carbocycles. The molecule has 0 spiro atoms. The quantitative estimate of drug-likeness (QED) is 0.541. The van der Waals surface area contributed by atoms with Crippen LogP contribution in [0.25, 0.3) is 22.6 Å². The van der Waals surface area contributed by atoms with Crippen LogP contribution < -0.4 is 5.32 Å². The summed E-state index contributed by atoms with van der Waals surface area (Å²) in [6.45, 7) is 2.90. The first kappa shape index (κ1) is 14.0. The molecule has 3 nitrogen and oxygen atoms in total. The predicted octanol–water partition coefficient (Wildman–Crippen LogP) is 5.48. The van der Waals surface area contributed by atoms with Crippen LogP contribution in [0.5, 0.6) is 0 Å². The fraction of sp³-hybridized carbons (Fsp3) is 0.105. The van der Waals surface area contributed by atoms with E-state index in [1.165, 1.54) is 10.4 Å². The Morgan fingerprint density at radius 1 is 1.09 bits per heavy atom. The van der Waals surface area contributed by atoms with E-state index in [1.54, 1.807) is 11.3 Å². The molecule has 0 aliphatic heterocycles. The number of benzene rings is 2. The van der Waals surface area contributed by atoms with Crippen LogP contribution in [0.1, 0.15) is 10.4 Å². The van der Waals surface area contributed by atoms with Gasteiger partial charge in [0.05, 0.1) is 0 Å². The molecule has 1 N–H and O–H groups in total. The van der Waals surface area contributed by atoms with Crippen LogP contribution in [0.2, 0.25) is 0 Å². The van der Waals surface area contributed by atoms with Gasteiger partial charge in [0, 0.05) is 22.7 Å². The van der Waals surface area contributed by atoms with Crippen molar-refractivity contribution in [3.05, 3.63) is 70.4 Å². The van der Waals surface area contributed by atoms with Crippen molar-refractivity contribution in [2.45, 2.75) is 13.5 Å². The van der Waals surface area contributed by atoms with Crippen molar-refractivity contribution in [2.24, 2.45) is 0 Å². The highest BCUT2D eigenvalue weighted by atomic mass is 32.1. The summed E-state index contributed by atoms with van der Waals surface area (Å²) in [7, 11) is 0. The Hall–Kier alpha value is -2.59. The largest absolute Gasteiger partial charge is 0.436 e. The molecule has 0 radical (unpaired) electrons. The van der Waals surface area contributed by atoms with E-state index in [9.17, 15) is 0 Å². The fourth-order valence-electron chi connectivity index (χ4n) is 2.46. The third-order valence-electron chi connectivity index (χ3n) is 3.73. The number of hydrogen-bond donors (Lipinski definition) is 1. The van der Waals surface area contributed by atoms with Crippen LogP contribution in [0.15, 0.2) is 64.4 Å². The molecule has 114 valence electrons. The normalized spacial score (nSPS) is 11.0. The summed E-state index contributed by atoms with van der Waals surface area (Å²) in [5, 5.41) is 5.51. The molecule has 23 heavy (non-hydrogen) atoms. The van der Waals surface area contributed by atoms with Crippen LogP contribution in [0.3, 0.4) is 0 Å². The zero-order valence-electron chi connectivity index (χ0n) is 12.7. The van der Waals surface area contributed by atoms with E-state index >= 15 is 0 Å². The van der Waals surface area contributed by atoms with Gasteiger partial charge in [-0.05, 0) is 48.7 Å². The van der Waals surface area contributed by atoms with Crippen molar-refractivity contribution in [2.75, 3.05) is 5.32 Å². The van der Waals surface area contributed by atoms with Gasteiger partial charge in [0.1, 0.15) is 5.52 Å². The zero-order valence-corrected chi connectivity index (χ0v) is 13.6. The molecule has 0 amide bonds. The molecular formula is C19H16N2OS. The van der Waals surface area contributed by atoms with Gasteiger partial charge in [0.25, 0.3) is 0 Å². The maximum Gasteiger partial charge on any atom is 0.227 e. The number of oxazole rings is 1. The maximum absolute atomic E-state index is 5.86. The summed E-state index contributed by atoms with van der Waals surface area (Å²) in [5.41, 5.74) is 4.96. The van der Waals surface area contributed by atoms with Gasteiger partial charge in [-0.15, -0.1) is 11.3 Å². The van der Waals surface area contributed by atoms with Crippen molar-refractivity contribution in [3.63, 3.8) is 0 Å². The van der Waals surface area contributed by atoms with Gasteiger partial charge in [-0.3, -0.25) is 0 Å². The van der Waals surface area contributed by atoms with Gasteiger partial charge in [-0.1, -0.05) is 23.8 Å². The molecule has 4 aromatic rings. The Morgan fingerprint density at radius 2 is 1.96 bits per heavy atom. The molecule has 2 heterocycles. The lowest BCUT2D eigenvalue weighted by atomic mass is 10.1. The first-order chi connectivity index (χ1) is 11.3. The van der Waals surface area contributed by atoms with Crippen molar-refractivity contribution >= 4 is 28.1 Å². The van der Waals surface area contributed by atoms with E-state index < -0.39 is 0 Å². The molecule has 4 rings (SSSR count). The van der Waals surface area contributed by atoms with Crippen LogP contribution >= 0.6 is 11.3 Å². The van der Waals surface area contributed by atoms with Gasteiger partial charge < -0.3 is 9.73 Å². The minimum absolute atomic E-state index is 0.662. The number of rotatable bonds is 4. The molecule has 0 fully saturated rings. The number of nitrogens with zero attached hydrogens (tertiary/aromatic N) is 1. The second kappa shape index (κ2) is 5.89. The Labute approximate surface area is 138 Å². The summed E-state index contributed by atoms with van der Waals surface area (Å²) < 4.78 is 5.86. The van der Waals surface area contributed by atoms with Gasteiger partial charge in [-0.2, -0.15) is 0 Å². The van der Waals surface area contributed by atoms with Crippen LogP contribution in [0.4, 0.5) is 5.69 Å². The molecule has 0 unspecified atom stereocenters. The van der Waals surface area contributed by atoms with Crippen LogP contribution in [-0.2, 0) is 6.54 Å². The molecule has 2 aromatic heterocycles. The van der Waals surface area contributed by atoms with Crippen molar-refractivity contribution in [3.8, 4) is 11.5 Å². The van der Waals surface area contributed by atoms with E-state index in [-0.39, 0.29) is 0 Å². The topological polar surface area (TPSA) is 38.1 Å². The highest BCUT2D eigenvalue weighted by molar-refractivity contribution is 7.09. The summed E-state index contributed by atoms with van der Waals surface area (Å²) in [6, 6.07) is 18.4. The molecule has 2 aromatic carbocycles. The lowest BCUT2D eigenvalue weighted by Gasteiger charge is -2.03. The molecule has 0 atom stereocenters. The zero-order chi connectivity index (χ0) is 15.6. The van der Waals surface area contributed by atoms with E-state index in [2.05, 4.69) is 46.9 Å². The van der Waals surface area contributed by atoms with Gasteiger partial charge >= 0.3 is 0 Å². The van der Waals surface area contributed by atoms with E-state index in [0.29, 0.717) is 5.89 Å². The minimum Gasteiger partial charge on any atom is -0.436 e. The highest BCUT2D eigenvalue weighted by Gasteiger charge is 2.08. The van der Waals surface area contributed by atoms with Crippen LogP contribution in [-0.4, -0.2) is 4.98 Å². The SMILES string of the molecule is Cc1ccc(-c2nc3cc(NCc4cccs4)ccc3o2)cc1. The number of anilines is 1. The molecule has 0 aliphatic rings. The van der Waals surface area contributed by atoms with Crippen molar-refractivity contribution in [1.29, 1.82) is 0 Å². The Bertz CT molecular complexity index is 924. The third-order valence-corrected chi connectivity index (χ3v) is 4.61. The van der Waals surface area contributed by atoms with Crippen molar-refractivity contribution < 1.29 is 4.42 Å². The Morgan fingerprint density at radius 3 is 2.74 bits per heavy atom. The summed E-state index contributed by atoms with van der Waals surface area (Å²) in [6.07, 6.45) is 0. The van der Waals surface area contributed by atoms with Gasteiger partial charge in [-0.25, -0.2) is 4.98 Å². The summed E-state index contributed by atoms with van der Waals surface area (Å²) in [5.74, 6) is 0.662. The summed E-state index contributed by atoms with van der Waals surface area (Å²) >= 11 is 1.75. The number of hydrogen-bond acceptors (Lipinski definition) is 4.